The van der Waals surface area contributed by atoms with E-state index >= 15 is 0 Å². The molecule has 0 aromatic heterocycles. The molecule has 2 atom stereocenters. The second kappa shape index (κ2) is 9.37. The molecule has 1 heterocycles. The van der Waals surface area contributed by atoms with Gasteiger partial charge < -0.3 is 15.5 Å². The van der Waals surface area contributed by atoms with Gasteiger partial charge in [0.2, 0.25) is 12.0 Å². The lowest BCUT2D eigenvalue weighted by atomic mass is 10.0. The molecular weight excluding hydrogens is 378 g/mol. The van der Waals surface area contributed by atoms with E-state index in [9.17, 15) is 9.59 Å². The van der Waals surface area contributed by atoms with Crippen LogP contribution in [0.4, 0.5) is 0 Å². The predicted molar refractivity (Wildman–Crippen MR) is 108 cm³/mol. The predicted octanol–water partition coefficient (Wildman–Crippen LogP) is 2.70. The summed E-state index contributed by atoms with van der Waals surface area (Å²) >= 11 is 5.90. The molecule has 7 heteroatoms. The first-order chi connectivity index (χ1) is 13.6. The van der Waals surface area contributed by atoms with Crippen LogP contribution in [0.1, 0.15) is 24.5 Å². The third-order valence-electron chi connectivity index (χ3n) is 4.41. The number of amides is 2. The normalized spacial score (nSPS) is 16.6. The molecular formula is C21H22ClN3O3. The Morgan fingerprint density at radius 1 is 1.18 bits per heavy atom. The van der Waals surface area contributed by atoms with Crippen LogP contribution in [0, 0.1) is 0 Å². The Hall–Kier alpha value is -2.86. The van der Waals surface area contributed by atoms with Crippen molar-refractivity contribution in [2.75, 3.05) is 6.54 Å². The summed E-state index contributed by atoms with van der Waals surface area (Å²) in [6.45, 7) is 2.33. The van der Waals surface area contributed by atoms with E-state index in [1.54, 1.807) is 12.1 Å². The van der Waals surface area contributed by atoms with E-state index in [0.29, 0.717) is 30.1 Å². The van der Waals surface area contributed by atoms with Crippen LogP contribution < -0.4 is 10.6 Å². The Balaban J connectivity index is 1.63. The third kappa shape index (κ3) is 5.10. The van der Waals surface area contributed by atoms with Gasteiger partial charge in [-0.15, -0.1) is 0 Å². The molecule has 28 heavy (non-hydrogen) atoms. The molecule has 146 valence electrons. The number of oxime groups is 1. The van der Waals surface area contributed by atoms with Gasteiger partial charge in [0, 0.05) is 24.4 Å². The molecule has 1 aliphatic rings. The van der Waals surface area contributed by atoms with Crippen molar-refractivity contribution in [2.24, 2.45) is 5.16 Å². The molecule has 0 saturated heterocycles. The van der Waals surface area contributed by atoms with E-state index in [0.717, 1.165) is 11.1 Å². The first-order valence-electron chi connectivity index (χ1n) is 9.17. The molecule has 2 unspecified atom stereocenters. The Morgan fingerprint density at radius 3 is 2.57 bits per heavy atom. The van der Waals surface area contributed by atoms with Gasteiger partial charge in [-0.25, -0.2) is 0 Å². The van der Waals surface area contributed by atoms with Gasteiger partial charge in [-0.2, -0.15) is 0 Å². The van der Waals surface area contributed by atoms with Gasteiger partial charge in [0.15, 0.2) is 0 Å². The number of hydrogen-bond acceptors (Lipinski definition) is 4. The summed E-state index contributed by atoms with van der Waals surface area (Å²) in [5.74, 6) is -0.587. The minimum Gasteiger partial charge on any atom is -0.382 e. The van der Waals surface area contributed by atoms with Crippen molar-refractivity contribution in [3.63, 3.8) is 0 Å². The van der Waals surface area contributed by atoms with Crippen LogP contribution in [-0.4, -0.2) is 36.2 Å². The van der Waals surface area contributed by atoms with Gasteiger partial charge in [-0.1, -0.05) is 59.2 Å². The zero-order valence-electron chi connectivity index (χ0n) is 15.5. The van der Waals surface area contributed by atoms with Crippen LogP contribution in [0.5, 0.6) is 0 Å². The molecule has 0 radical (unpaired) electrons. The molecule has 2 aromatic rings. The first-order valence-corrected chi connectivity index (χ1v) is 9.55. The van der Waals surface area contributed by atoms with E-state index in [2.05, 4.69) is 15.8 Å². The fourth-order valence-electron chi connectivity index (χ4n) is 2.95. The van der Waals surface area contributed by atoms with Crippen molar-refractivity contribution < 1.29 is 14.4 Å². The summed E-state index contributed by atoms with van der Waals surface area (Å²) in [6.07, 6.45) is -0.0323. The summed E-state index contributed by atoms with van der Waals surface area (Å²) in [6, 6.07) is 16.1. The Bertz CT molecular complexity index is 853. The molecule has 2 aromatic carbocycles. The standard InChI is InChI=1S/C21H22ClN3O3/c1-2-23-20(26)18(12-14-6-4-3-5-7-14)24-21(27)19-13-17(25-28-19)15-8-10-16(22)11-9-15/h3-11,18-19H,2,12-13H2,1H3,(H,23,26)(H,24,27). The van der Waals surface area contributed by atoms with E-state index in [-0.39, 0.29) is 11.8 Å². The minimum absolute atomic E-state index is 0.225. The van der Waals surface area contributed by atoms with E-state index in [1.807, 2.05) is 49.4 Å². The number of benzene rings is 2. The quantitative estimate of drug-likeness (QED) is 0.751. The third-order valence-corrected chi connectivity index (χ3v) is 4.66. The van der Waals surface area contributed by atoms with Crippen molar-refractivity contribution >= 4 is 29.1 Å². The lowest BCUT2D eigenvalue weighted by Gasteiger charge is -2.19. The van der Waals surface area contributed by atoms with Crippen LogP contribution in [0.25, 0.3) is 0 Å². The second-order valence-electron chi connectivity index (χ2n) is 6.49. The maximum Gasteiger partial charge on any atom is 0.265 e. The molecule has 0 fully saturated rings. The first kappa shape index (κ1) is 19.9. The van der Waals surface area contributed by atoms with Crippen LogP contribution in [0.3, 0.4) is 0 Å². The number of carbonyl (C=O) groups is 2. The number of likely N-dealkylation sites (N-methyl/N-ethyl adjacent to an activating group) is 1. The second-order valence-corrected chi connectivity index (χ2v) is 6.92. The molecule has 0 bridgehead atoms. The van der Waals surface area contributed by atoms with Crippen LogP contribution in [0.2, 0.25) is 5.02 Å². The molecule has 3 rings (SSSR count). The monoisotopic (exact) mass is 399 g/mol. The van der Waals surface area contributed by atoms with E-state index in [4.69, 9.17) is 16.4 Å². The smallest absolute Gasteiger partial charge is 0.265 e. The highest BCUT2D eigenvalue weighted by Gasteiger charge is 2.31. The van der Waals surface area contributed by atoms with Crippen LogP contribution >= 0.6 is 11.6 Å². The summed E-state index contributed by atoms with van der Waals surface area (Å²) in [5, 5.41) is 10.2. The van der Waals surface area contributed by atoms with Crippen molar-refractivity contribution in [2.45, 2.75) is 31.9 Å². The Morgan fingerprint density at radius 2 is 1.89 bits per heavy atom. The number of rotatable bonds is 7. The summed E-state index contributed by atoms with van der Waals surface area (Å²) in [7, 11) is 0. The van der Waals surface area contributed by atoms with Gasteiger partial charge in [0.05, 0.1) is 5.71 Å². The Labute approximate surface area is 168 Å². The number of nitrogens with one attached hydrogen (secondary N) is 2. The van der Waals surface area contributed by atoms with E-state index in [1.165, 1.54) is 0 Å². The van der Waals surface area contributed by atoms with Crippen LogP contribution in [-0.2, 0) is 20.8 Å². The summed E-state index contributed by atoms with van der Waals surface area (Å²) < 4.78 is 0. The number of nitrogens with zero attached hydrogens (tertiary/aromatic N) is 1. The van der Waals surface area contributed by atoms with E-state index < -0.39 is 12.1 Å². The molecule has 2 N–H and O–H groups in total. The molecule has 2 amide bonds. The fraction of sp³-hybridized carbons (Fsp3) is 0.286. The number of carbonyl (C=O) groups excluding carboxylic acids is 2. The maximum absolute atomic E-state index is 12.7. The van der Waals surface area contributed by atoms with Gasteiger partial charge in [-0.05, 0) is 30.2 Å². The average Bonchev–Trinajstić information content (AvgIpc) is 3.19. The largest absolute Gasteiger partial charge is 0.382 e. The fourth-order valence-corrected chi connectivity index (χ4v) is 3.08. The average molecular weight is 400 g/mol. The maximum atomic E-state index is 12.7. The topological polar surface area (TPSA) is 79.8 Å². The lowest BCUT2D eigenvalue weighted by molar-refractivity contribution is -0.135. The lowest BCUT2D eigenvalue weighted by Crippen LogP contribution is -2.50. The zero-order chi connectivity index (χ0) is 19.9. The highest BCUT2D eigenvalue weighted by atomic mass is 35.5. The molecule has 0 spiro atoms. The van der Waals surface area contributed by atoms with Gasteiger partial charge in [0.25, 0.3) is 5.91 Å². The molecule has 0 saturated carbocycles. The molecule has 6 nitrogen and oxygen atoms in total. The van der Waals surface area contributed by atoms with Crippen LogP contribution in [0.15, 0.2) is 59.8 Å². The molecule has 1 aliphatic heterocycles. The van der Waals surface area contributed by atoms with Gasteiger partial charge in [-0.3, -0.25) is 9.59 Å². The highest BCUT2D eigenvalue weighted by Crippen LogP contribution is 2.19. The Kier molecular flexibility index (Phi) is 6.66. The van der Waals surface area contributed by atoms with Gasteiger partial charge >= 0.3 is 0 Å². The SMILES string of the molecule is CCNC(=O)C(Cc1ccccc1)NC(=O)C1CC(c2ccc(Cl)cc2)=NO1. The van der Waals surface area contributed by atoms with Crippen molar-refractivity contribution in [3.8, 4) is 0 Å². The highest BCUT2D eigenvalue weighted by molar-refractivity contribution is 6.30. The summed E-state index contributed by atoms with van der Waals surface area (Å²) in [4.78, 5) is 30.4. The van der Waals surface area contributed by atoms with Crippen molar-refractivity contribution in [1.82, 2.24) is 10.6 Å². The molecule has 0 aliphatic carbocycles. The van der Waals surface area contributed by atoms with Crippen molar-refractivity contribution in [3.05, 3.63) is 70.7 Å². The van der Waals surface area contributed by atoms with Crippen molar-refractivity contribution in [1.29, 1.82) is 0 Å². The zero-order valence-corrected chi connectivity index (χ0v) is 16.3. The van der Waals surface area contributed by atoms with Gasteiger partial charge in [0.1, 0.15) is 6.04 Å². The minimum atomic E-state index is -0.765. The number of halogens is 1. The summed E-state index contributed by atoms with van der Waals surface area (Å²) in [5.41, 5.74) is 2.49. The number of hydrogen-bond donors (Lipinski definition) is 2.